The lowest BCUT2D eigenvalue weighted by atomic mass is 10.3. The first kappa shape index (κ1) is 11.3. The van der Waals surface area contributed by atoms with Gasteiger partial charge in [0.1, 0.15) is 12.1 Å². The molecule has 2 aromatic heterocycles. The second kappa shape index (κ2) is 4.73. The lowest BCUT2D eigenvalue weighted by Gasteiger charge is -2.02. The molecule has 6 heteroatoms. The first-order chi connectivity index (χ1) is 8.16. The Hall–Kier alpha value is -2.24. The van der Waals surface area contributed by atoms with Crippen molar-refractivity contribution in [2.45, 2.75) is 13.5 Å². The van der Waals surface area contributed by atoms with Gasteiger partial charge in [-0.15, -0.1) is 0 Å². The maximum atomic E-state index is 13.2. The highest BCUT2D eigenvalue weighted by Crippen LogP contribution is 2.03. The number of nitrogens with one attached hydrogen (secondary N) is 1. The normalized spacial score (nSPS) is 10.2. The molecule has 0 unspecified atom stereocenters. The Morgan fingerprint density at radius 2 is 2.41 bits per heavy atom. The number of nitrogens with zero attached hydrogens (tertiary/aromatic N) is 2. The molecule has 0 radical (unpaired) electrons. The first-order valence-electron chi connectivity index (χ1n) is 4.96. The van der Waals surface area contributed by atoms with Crippen LogP contribution in [0.15, 0.2) is 29.0 Å². The second-order valence-corrected chi connectivity index (χ2v) is 3.37. The van der Waals surface area contributed by atoms with Gasteiger partial charge in [-0.3, -0.25) is 9.78 Å². The third-order valence-corrected chi connectivity index (χ3v) is 2.10. The lowest BCUT2D eigenvalue weighted by Crippen LogP contribution is -2.24. The Morgan fingerprint density at radius 1 is 1.59 bits per heavy atom. The minimum Gasteiger partial charge on any atom is -0.448 e. The van der Waals surface area contributed by atoms with Crippen LogP contribution >= 0.6 is 0 Å². The number of halogens is 1. The molecular formula is C11H10FN3O2. The SMILES string of the molecule is Cc1nc(C(=O)NCc2ncccc2F)co1. The van der Waals surface area contributed by atoms with Crippen molar-refractivity contribution in [1.82, 2.24) is 15.3 Å². The first-order valence-corrected chi connectivity index (χ1v) is 4.96. The number of aryl methyl sites for hydroxylation is 1. The van der Waals surface area contributed by atoms with Crippen LogP contribution in [-0.2, 0) is 6.54 Å². The number of oxazole rings is 1. The minimum atomic E-state index is -0.455. The number of hydrogen-bond acceptors (Lipinski definition) is 4. The smallest absolute Gasteiger partial charge is 0.273 e. The highest BCUT2D eigenvalue weighted by molar-refractivity contribution is 5.91. The monoisotopic (exact) mass is 235 g/mol. The van der Waals surface area contributed by atoms with Crippen molar-refractivity contribution < 1.29 is 13.6 Å². The van der Waals surface area contributed by atoms with E-state index in [1.54, 1.807) is 6.92 Å². The van der Waals surface area contributed by atoms with Crippen LogP contribution in [-0.4, -0.2) is 15.9 Å². The van der Waals surface area contributed by atoms with Gasteiger partial charge in [0.05, 0.1) is 12.2 Å². The lowest BCUT2D eigenvalue weighted by molar-refractivity contribution is 0.0945. The van der Waals surface area contributed by atoms with Gasteiger partial charge in [0.25, 0.3) is 5.91 Å². The zero-order chi connectivity index (χ0) is 12.3. The summed E-state index contributed by atoms with van der Waals surface area (Å²) in [6.07, 6.45) is 2.71. The molecule has 0 fully saturated rings. The third kappa shape index (κ3) is 2.66. The van der Waals surface area contributed by atoms with Crippen molar-refractivity contribution in [2.24, 2.45) is 0 Å². The number of pyridine rings is 1. The summed E-state index contributed by atoms with van der Waals surface area (Å²) in [6, 6.07) is 2.77. The van der Waals surface area contributed by atoms with Crippen LogP contribution in [0.1, 0.15) is 22.1 Å². The van der Waals surface area contributed by atoms with Gasteiger partial charge >= 0.3 is 0 Å². The zero-order valence-corrected chi connectivity index (χ0v) is 9.11. The van der Waals surface area contributed by atoms with Gasteiger partial charge in [-0.1, -0.05) is 0 Å². The summed E-state index contributed by atoms with van der Waals surface area (Å²) in [5, 5.41) is 2.51. The molecule has 0 aliphatic carbocycles. The van der Waals surface area contributed by atoms with Crippen LogP contribution in [0.5, 0.6) is 0 Å². The van der Waals surface area contributed by atoms with E-state index in [1.165, 1.54) is 24.6 Å². The predicted molar refractivity (Wildman–Crippen MR) is 56.6 cm³/mol. The molecule has 1 amide bonds. The number of hydrogen-bond donors (Lipinski definition) is 1. The van der Waals surface area contributed by atoms with E-state index in [-0.39, 0.29) is 17.9 Å². The van der Waals surface area contributed by atoms with E-state index in [4.69, 9.17) is 4.42 Å². The summed E-state index contributed by atoms with van der Waals surface area (Å²) >= 11 is 0. The average molecular weight is 235 g/mol. The molecule has 0 atom stereocenters. The van der Waals surface area contributed by atoms with E-state index >= 15 is 0 Å². The highest BCUT2D eigenvalue weighted by atomic mass is 19.1. The van der Waals surface area contributed by atoms with Crippen molar-refractivity contribution in [2.75, 3.05) is 0 Å². The Labute approximate surface area is 96.7 Å². The number of amides is 1. The Morgan fingerprint density at radius 3 is 3.06 bits per heavy atom. The number of carbonyl (C=O) groups is 1. The van der Waals surface area contributed by atoms with Gasteiger partial charge in [-0.2, -0.15) is 0 Å². The van der Waals surface area contributed by atoms with E-state index in [0.717, 1.165) is 0 Å². The topological polar surface area (TPSA) is 68.0 Å². The fraction of sp³-hybridized carbons (Fsp3) is 0.182. The molecule has 17 heavy (non-hydrogen) atoms. The van der Waals surface area contributed by atoms with Crippen LogP contribution in [0.2, 0.25) is 0 Å². The van der Waals surface area contributed by atoms with Crippen molar-refractivity contribution >= 4 is 5.91 Å². The number of carbonyl (C=O) groups excluding carboxylic acids is 1. The van der Waals surface area contributed by atoms with Crippen molar-refractivity contribution in [1.29, 1.82) is 0 Å². The van der Waals surface area contributed by atoms with Crippen molar-refractivity contribution in [3.8, 4) is 0 Å². The quantitative estimate of drug-likeness (QED) is 0.874. The molecule has 0 aliphatic heterocycles. The van der Waals surface area contributed by atoms with Crippen molar-refractivity contribution in [3.05, 3.63) is 47.7 Å². The Kier molecular flexibility index (Phi) is 3.13. The molecule has 2 aromatic rings. The van der Waals surface area contributed by atoms with E-state index in [2.05, 4.69) is 15.3 Å². The molecule has 0 saturated carbocycles. The van der Waals surface area contributed by atoms with Gasteiger partial charge in [-0.05, 0) is 12.1 Å². The molecule has 88 valence electrons. The summed E-state index contributed by atoms with van der Waals surface area (Å²) in [5.74, 6) is -0.477. The summed E-state index contributed by atoms with van der Waals surface area (Å²) in [7, 11) is 0. The van der Waals surface area contributed by atoms with Crippen LogP contribution in [0, 0.1) is 12.7 Å². The molecule has 0 saturated heterocycles. The number of rotatable bonds is 3. The van der Waals surface area contributed by atoms with Crippen LogP contribution in [0.3, 0.4) is 0 Å². The molecule has 0 aromatic carbocycles. The standard InChI is InChI=1S/C11H10FN3O2/c1-7-15-10(6-17-7)11(16)14-5-9-8(12)3-2-4-13-9/h2-4,6H,5H2,1H3,(H,14,16). The van der Waals surface area contributed by atoms with E-state index in [1.807, 2.05) is 0 Å². The molecule has 2 heterocycles. The molecule has 0 aliphatic rings. The van der Waals surface area contributed by atoms with Crippen LogP contribution in [0.4, 0.5) is 4.39 Å². The van der Waals surface area contributed by atoms with Crippen LogP contribution < -0.4 is 5.32 Å². The van der Waals surface area contributed by atoms with Crippen LogP contribution in [0.25, 0.3) is 0 Å². The predicted octanol–water partition coefficient (Wildman–Crippen LogP) is 1.45. The van der Waals surface area contributed by atoms with E-state index < -0.39 is 11.7 Å². The Balaban J connectivity index is 1.99. The summed E-state index contributed by atoms with van der Waals surface area (Å²) in [5.41, 5.74) is 0.347. The summed E-state index contributed by atoms with van der Waals surface area (Å²) in [6.45, 7) is 1.65. The van der Waals surface area contributed by atoms with Gasteiger partial charge in [0, 0.05) is 13.1 Å². The van der Waals surface area contributed by atoms with Crippen molar-refractivity contribution in [3.63, 3.8) is 0 Å². The average Bonchev–Trinajstić information content (AvgIpc) is 2.74. The third-order valence-electron chi connectivity index (χ3n) is 2.10. The zero-order valence-electron chi connectivity index (χ0n) is 9.11. The van der Waals surface area contributed by atoms with Gasteiger partial charge < -0.3 is 9.73 Å². The molecule has 2 rings (SSSR count). The molecule has 0 bridgehead atoms. The molecule has 1 N–H and O–H groups in total. The molecule has 0 spiro atoms. The van der Waals surface area contributed by atoms with E-state index in [9.17, 15) is 9.18 Å². The largest absolute Gasteiger partial charge is 0.448 e. The summed E-state index contributed by atoms with van der Waals surface area (Å²) in [4.78, 5) is 19.2. The fourth-order valence-corrected chi connectivity index (χ4v) is 1.27. The molecule has 5 nitrogen and oxygen atoms in total. The number of aromatic nitrogens is 2. The maximum Gasteiger partial charge on any atom is 0.273 e. The van der Waals surface area contributed by atoms with E-state index in [0.29, 0.717) is 5.89 Å². The highest BCUT2D eigenvalue weighted by Gasteiger charge is 2.11. The Bertz CT molecular complexity index is 539. The minimum absolute atomic E-state index is 0.0113. The maximum absolute atomic E-state index is 13.2. The molecular weight excluding hydrogens is 225 g/mol. The van der Waals surface area contributed by atoms with Gasteiger partial charge in [0.15, 0.2) is 11.6 Å². The van der Waals surface area contributed by atoms with Gasteiger partial charge in [-0.25, -0.2) is 9.37 Å². The fourth-order valence-electron chi connectivity index (χ4n) is 1.27. The van der Waals surface area contributed by atoms with Gasteiger partial charge in [0.2, 0.25) is 0 Å². The summed E-state index contributed by atoms with van der Waals surface area (Å²) < 4.78 is 18.1. The second-order valence-electron chi connectivity index (χ2n) is 3.37.